The van der Waals surface area contributed by atoms with E-state index in [1.807, 2.05) is 0 Å². The van der Waals surface area contributed by atoms with Gasteiger partial charge in [-0.3, -0.25) is 0 Å². The van der Waals surface area contributed by atoms with Gasteiger partial charge in [0.05, 0.1) is 0 Å². The van der Waals surface area contributed by atoms with Crippen LogP contribution in [-0.4, -0.2) is 6.88 Å². The third-order valence-electron chi connectivity index (χ3n) is 6.44. The molecular formula is C23H34Cl2SiZr. The van der Waals surface area contributed by atoms with Gasteiger partial charge in [-0.15, -0.1) is 24.8 Å². The molecule has 0 saturated carbocycles. The smallest absolute Gasteiger partial charge is 0.147 e. The molecule has 1 aromatic rings. The number of hydrogen-bond acceptors (Lipinski definition) is 0. The zero-order valence-corrected chi connectivity index (χ0v) is 23.2. The Labute approximate surface area is 180 Å². The molecule has 1 aromatic carbocycles. The van der Waals surface area contributed by atoms with Crippen LogP contribution >= 0.6 is 24.8 Å². The topological polar surface area (TPSA) is 0 Å². The molecule has 0 bridgehead atoms. The van der Waals surface area contributed by atoms with Gasteiger partial charge in [0.2, 0.25) is 0 Å². The van der Waals surface area contributed by atoms with Gasteiger partial charge in [0.25, 0.3) is 0 Å². The molecule has 2 aliphatic carbocycles. The summed E-state index contributed by atoms with van der Waals surface area (Å²) in [6.45, 7) is 14.2. The fourth-order valence-corrected chi connectivity index (χ4v) is 27.8. The van der Waals surface area contributed by atoms with Crippen molar-refractivity contribution < 1.29 is 17.4 Å². The Morgan fingerprint density at radius 1 is 0.778 bits per heavy atom. The minimum Gasteiger partial charge on any atom is -0.147 e. The molecule has 0 N–H and O–H groups in total. The molecule has 0 amide bonds. The summed E-state index contributed by atoms with van der Waals surface area (Å²) in [5, 5.41) is 0. The van der Waals surface area contributed by atoms with Crippen molar-refractivity contribution in [3.8, 4) is 0 Å². The first-order valence-electron chi connectivity index (χ1n) is 9.49. The average molecular weight is 501 g/mol. The summed E-state index contributed by atoms with van der Waals surface area (Å²) < 4.78 is 8.93. The van der Waals surface area contributed by atoms with Crippen molar-refractivity contribution in [2.45, 2.75) is 43.9 Å². The molecule has 0 saturated heterocycles. The van der Waals surface area contributed by atoms with Crippen LogP contribution in [0.3, 0.4) is 0 Å². The Hall–Kier alpha value is -0.140. The van der Waals surface area contributed by atoms with Gasteiger partial charge >= 0.3 is 157 Å². The van der Waals surface area contributed by atoms with Crippen molar-refractivity contribution in [2.24, 2.45) is 11.8 Å². The maximum absolute atomic E-state index is 3.19. The summed E-state index contributed by atoms with van der Waals surface area (Å²) in [4.78, 5) is 0. The second-order valence-electron chi connectivity index (χ2n) is 9.14. The molecule has 0 heterocycles. The zero-order chi connectivity index (χ0) is 18.6. The number of halogens is 2. The van der Waals surface area contributed by atoms with Crippen molar-refractivity contribution in [1.82, 2.24) is 0 Å². The van der Waals surface area contributed by atoms with Crippen LogP contribution in [0.5, 0.6) is 0 Å². The average Bonchev–Trinajstić information content (AvgIpc) is 2.96. The van der Waals surface area contributed by atoms with Crippen LogP contribution in [0.25, 0.3) is 5.57 Å². The Bertz CT molecular complexity index is 926. The molecule has 0 spiro atoms. The van der Waals surface area contributed by atoms with Gasteiger partial charge in [-0.25, -0.2) is 0 Å². The molecule has 148 valence electrons. The van der Waals surface area contributed by atoms with Crippen molar-refractivity contribution >= 4 is 37.3 Å². The summed E-state index contributed by atoms with van der Waals surface area (Å²) in [7, 11) is 0. The van der Waals surface area contributed by atoms with E-state index in [1.165, 1.54) is 16.7 Å². The summed E-state index contributed by atoms with van der Waals surface area (Å²) in [6, 6.07) is 10.9. The minimum atomic E-state index is -3.19. The molecule has 27 heavy (non-hydrogen) atoms. The van der Waals surface area contributed by atoms with E-state index in [0.717, 1.165) is 0 Å². The largest absolute Gasteiger partial charge is 0.147 e. The molecule has 3 rings (SSSR count). The van der Waals surface area contributed by atoms with Gasteiger partial charge in [-0.1, -0.05) is 0 Å². The third kappa shape index (κ3) is 4.11. The summed E-state index contributed by atoms with van der Waals surface area (Å²) in [5.41, 5.74) is 7.47. The maximum atomic E-state index is 2.67. The second kappa shape index (κ2) is 8.31. The minimum absolute atomic E-state index is 0. The molecule has 2 unspecified atom stereocenters. The molecule has 0 fully saturated rings. The van der Waals surface area contributed by atoms with Crippen molar-refractivity contribution in [2.75, 3.05) is 0 Å². The summed E-state index contributed by atoms with van der Waals surface area (Å²) >= 11 is -3.19. The van der Waals surface area contributed by atoms with E-state index in [9.17, 15) is 0 Å². The standard InChI is InChI=1S/C13H13.C8H11.2CH3.2ClH.H2Si.Zr/c1-10-8-11(2)13(9-10)12-6-4-3-5-7-12;1-6-4-7(2)8(3)5-6;;;;;;/h3-7,9-10H,1-2H3;4,6H,1-3H3;2*1H3;2*1H;1H2;. The van der Waals surface area contributed by atoms with E-state index in [4.69, 9.17) is 0 Å². The Kier molecular flexibility index (Phi) is 7.66. The van der Waals surface area contributed by atoms with Crippen molar-refractivity contribution in [3.05, 3.63) is 71.3 Å². The number of rotatable bonds is 3. The van der Waals surface area contributed by atoms with Gasteiger partial charge in [0.15, 0.2) is 0 Å². The predicted octanol–water partition coefficient (Wildman–Crippen LogP) is 7.04. The molecule has 4 heteroatoms. The summed E-state index contributed by atoms with van der Waals surface area (Å²) in [5.74, 6) is 1.16. The zero-order valence-electron chi connectivity index (χ0n) is 17.7. The molecule has 0 aromatic heterocycles. The van der Waals surface area contributed by atoms with Crippen LogP contribution in [0.4, 0.5) is 0 Å². The number of benzene rings is 1. The van der Waals surface area contributed by atoms with Crippen LogP contribution < -0.4 is 0 Å². The van der Waals surface area contributed by atoms with Crippen LogP contribution in [0.15, 0.2) is 65.8 Å². The molecule has 2 atom stereocenters. The number of hydrogen-bond donors (Lipinski definition) is 0. The summed E-state index contributed by atoms with van der Waals surface area (Å²) in [6.07, 6.45) is 5.00. The Morgan fingerprint density at radius 2 is 1.26 bits per heavy atom. The molecule has 2 aliphatic rings. The van der Waals surface area contributed by atoms with Crippen LogP contribution in [0.2, 0.25) is 9.26 Å². The van der Waals surface area contributed by atoms with Crippen LogP contribution in [0.1, 0.15) is 40.2 Å². The SMILES string of the molecule is CC1=CC(C)[C]([Zr]([CH3])([CH3])(=[SiH2])[C]2=C(C)C(c3ccccc3)=CC2C)=C1C.Cl.Cl. The van der Waals surface area contributed by atoms with E-state index >= 15 is 0 Å². The monoisotopic (exact) mass is 498 g/mol. The predicted molar refractivity (Wildman–Crippen MR) is 127 cm³/mol. The number of allylic oxidation sites excluding steroid dienone is 8. The maximum Gasteiger partial charge on any atom is -0.147 e. The Morgan fingerprint density at radius 3 is 1.74 bits per heavy atom. The van der Waals surface area contributed by atoms with Gasteiger partial charge < -0.3 is 0 Å². The first-order chi connectivity index (χ1) is 11.5. The van der Waals surface area contributed by atoms with Crippen molar-refractivity contribution in [3.63, 3.8) is 0 Å². The van der Waals surface area contributed by atoms with E-state index in [2.05, 4.69) is 93.2 Å². The molecular weight excluding hydrogens is 466 g/mol. The second-order valence-corrected chi connectivity index (χ2v) is 37.5. The van der Waals surface area contributed by atoms with Crippen LogP contribution in [-0.2, 0) is 17.4 Å². The van der Waals surface area contributed by atoms with Gasteiger partial charge in [-0.05, 0) is 0 Å². The third-order valence-corrected chi connectivity index (χ3v) is 23.5. The van der Waals surface area contributed by atoms with E-state index in [-0.39, 0.29) is 24.8 Å². The van der Waals surface area contributed by atoms with E-state index in [0.29, 0.717) is 11.8 Å². The van der Waals surface area contributed by atoms with Gasteiger partial charge in [0, 0.05) is 0 Å². The van der Waals surface area contributed by atoms with E-state index in [1.54, 1.807) is 17.7 Å². The fraction of sp³-hybridized carbons (Fsp3) is 0.391. The fourth-order valence-electron chi connectivity index (χ4n) is 5.82. The Balaban J connectivity index is 0.00000182. The molecule has 0 nitrogen and oxygen atoms in total. The van der Waals surface area contributed by atoms with Crippen molar-refractivity contribution in [1.29, 1.82) is 0 Å². The molecule has 0 aliphatic heterocycles. The van der Waals surface area contributed by atoms with E-state index < -0.39 is 17.4 Å². The first kappa shape index (κ1) is 24.9. The van der Waals surface area contributed by atoms with Gasteiger partial charge in [0.1, 0.15) is 0 Å². The first-order valence-corrected chi connectivity index (χ1v) is 22.8. The molecule has 0 radical (unpaired) electrons. The van der Waals surface area contributed by atoms with Gasteiger partial charge in [-0.2, -0.15) is 0 Å². The quantitative estimate of drug-likeness (QED) is 0.391. The normalized spacial score (nSPS) is 23.0. The van der Waals surface area contributed by atoms with Crippen LogP contribution in [0, 0.1) is 11.8 Å².